The Labute approximate surface area is 96.9 Å². The van der Waals surface area contributed by atoms with E-state index >= 15 is 0 Å². The highest BCUT2D eigenvalue weighted by Crippen LogP contribution is 2.31. The Morgan fingerprint density at radius 3 is 2.88 bits per heavy atom. The first-order valence-corrected chi connectivity index (χ1v) is 5.43. The summed E-state index contributed by atoms with van der Waals surface area (Å²) in [5.41, 5.74) is 6.65. The Kier molecular flexibility index (Phi) is 5.43. The summed E-state index contributed by atoms with van der Waals surface area (Å²) < 4.78 is 11.0. The van der Waals surface area contributed by atoms with Gasteiger partial charge in [0.25, 0.3) is 0 Å². The van der Waals surface area contributed by atoms with Gasteiger partial charge in [0.15, 0.2) is 11.5 Å². The van der Waals surface area contributed by atoms with Crippen LogP contribution in [0.5, 0.6) is 11.5 Å². The zero-order valence-electron chi connectivity index (χ0n) is 9.74. The Morgan fingerprint density at radius 1 is 1.44 bits per heavy atom. The molecule has 16 heavy (non-hydrogen) atoms. The largest absolute Gasteiger partial charge is 0.493 e. The molecule has 0 saturated carbocycles. The third-order valence-corrected chi connectivity index (χ3v) is 2.26. The zero-order valence-corrected chi connectivity index (χ0v) is 9.74. The molecule has 0 bridgehead atoms. The highest BCUT2D eigenvalue weighted by molar-refractivity contribution is 5.46. The molecule has 1 rings (SSSR count). The molecule has 0 aliphatic rings. The number of hydrogen-bond acceptors (Lipinski definition) is 3. The van der Waals surface area contributed by atoms with Gasteiger partial charge in [-0.25, -0.2) is 0 Å². The molecule has 0 heterocycles. The van der Waals surface area contributed by atoms with Crippen molar-refractivity contribution >= 4 is 0 Å². The molecule has 1 aromatic rings. The summed E-state index contributed by atoms with van der Waals surface area (Å²) in [5.74, 6) is 1.56. The first-order chi connectivity index (χ1) is 7.83. The standard InChI is InChI=1S/C13H19NO2/c1-3-4-10-16-13-11(8-9-14)6-5-7-12(13)15-2/h3,5-7H,1,4,8-10,14H2,2H3. The van der Waals surface area contributed by atoms with Crippen molar-refractivity contribution in [2.24, 2.45) is 5.73 Å². The second-order valence-electron chi connectivity index (χ2n) is 3.41. The van der Waals surface area contributed by atoms with Gasteiger partial charge in [0.05, 0.1) is 13.7 Å². The monoisotopic (exact) mass is 221 g/mol. The van der Waals surface area contributed by atoms with Gasteiger partial charge in [0.1, 0.15) is 0 Å². The number of rotatable bonds is 7. The van der Waals surface area contributed by atoms with Crippen LogP contribution in [0.3, 0.4) is 0 Å². The van der Waals surface area contributed by atoms with Crippen molar-refractivity contribution in [1.82, 2.24) is 0 Å². The first-order valence-electron chi connectivity index (χ1n) is 5.43. The number of hydrogen-bond donors (Lipinski definition) is 1. The molecule has 0 aliphatic carbocycles. The van der Waals surface area contributed by atoms with Crippen molar-refractivity contribution < 1.29 is 9.47 Å². The SMILES string of the molecule is C=CCCOc1c(CCN)cccc1OC. The van der Waals surface area contributed by atoms with E-state index in [1.54, 1.807) is 7.11 Å². The molecule has 0 aliphatic heterocycles. The summed E-state index contributed by atoms with van der Waals surface area (Å²) in [6.45, 7) is 4.88. The molecular formula is C13H19NO2. The molecule has 0 saturated heterocycles. The van der Waals surface area contributed by atoms with Crippen molar-refractivity contribution in [3.63, 3.8) is 0 Å². The summed E-state index contributed by atoms with van der Waals surface area (Å²) in [6, 6.07) is 5.85. The van der Waals surface area contributed by atoms with E-state index in [0.717, 1.165) is 29.9 Å². The topological polar surface area (TPSA) is 44.5 Å². The highest BCUT2D eigenvalue weighted by atomic mass is 16.5. The van der Waals surface area contributed by atoms with E-state index in [-0.39, 0.29) is 0 Å². The van der Waals surface area contributed by atoms with Gasteiger partial charge in [-0.05, 0) is 31.0 Å². The van der Waals surface area contributed by atoms with Crippen LogP contribution in [0.4, 0.5) is 0 Å². The fourth-order valence-electron chi connectivity index (χ4n) is 1.48. The second-order valence-corrected chi connectivity index (χ2v) is 3.41. The lowest BCUT2D eigenvalue weighted by atomic mass is 10.1. The van der Waals surface area contributed by atoms with Crippen molar-refractivity contribution in [2.45, 2.75) is 12.8 Å². The molecule has 3 heteroatoms. The minimum Gasteiger partial charge on any atom is -0.493 e. The van der Waals surface area contributed by atoms with Crippen LogP contribution in [0.25, 0.3) is 0 Å². The lowest BCUT2D eigenvalue weighted by Crippen LogP contribution is -2.07. The fraction of sp³-hybridized carbons (Fsp3) is 0.385. The lowest BCUT2D eigenvalue weighted by Gasteiger charge is -2.14. The van der Waals surface area contributed by atoms with Crippen LogP contribution in [0.1, 0.15) is 12.0 Å². The highest BCUT2D eigenvalue weighted by Gasteiger charge is 2.09. The minimum atomic E-state index is 0.602. The summed E-state index contributed by atoms with van der Waals surface area (Å²) >= 11 is 0. The van der Waals surface area contributed by atoms with Crippen LogP contribution < -0.4 is 15.2 Å². The van der Waals surface area contributed by atoms with Crippen LogP contribution in [0, 0.1) is 0 Å². The van der Waals surface area contributed by atoms with E-state index in [0.29, 0.717) is 13.2 Å². The molecule has 0 amide bonds. The Balaban J connectivity index is 2.85. The third kappa shape index (κ3) is 3.28. The van der Waals surface area contributed by atoms with E-state index in [4.69, 9.17) is 15.2 Å². The predicted octanol–water partition coefficient (Wildman–Crippen LogP) is 2.15. The molecule has 2 N–H and O–H groups in total. The van der Waals surface area contributed by atoms with Crippen molar-refractivity contribution in [1.29, 1.82) is 0 Å². The van der Waals surface area contributed by atoms with Crippen LogP contribution >= 0.6 is 0 Å². The smallest absolute Gasteiger partial charge is 0.164 e. The Morgan fingerprint density at radius 2 is 2.25 bits per heavy atom. The maximum atomic E-state index is 5.70. The summed E-state index contributed by atoms with van der Waals surface area (Å²) in [5, 5.41) is 0. The van der Waals surface area contributed by atoms with E-state index < -0.39 is 0 Å². The molecule has 1 aromatic carbocycles. The van der Waals surface area contributed by atoms with Crippen LogP contribution in [0.15, 0.2) is 30.9 Å². The number of methoxy groups -OCH3 is 1. The molecule has 3 nitrogen and oxygen atoms in total. The zero-order chi connectivity index (χ0) is 11.8. The summed E-state index contributed by atoms with van der Waals surface area (Å²) in [6.07, 6.45) is 3.44. The Hall–Kier alpha value is -1.48. The first kappa shape index (κ1) is 12.6. The number of para-hydroxylation sites is 1. The van der Waals surface area contributed by atoms with E-state index in [9.17, 15) is 0 Å². The van der Waals surface area contributed by atoms with Gasteiger partial charge in [0.2, 0.25) is 0 Å². The number of benzene rings is 1. The average molecular weight is 221 g/mol. The summed E-state index contributed by atoms with van der Waals surface area (Å²) in [4.78, 5) is 0. The molecule has 0 radical (unpaired) electrons. The quantitative estimate of drug-likeness (QED) is 0.567. The number of nitrogens with two attached hydrogens (primary N) is 1. The third-order valence-electron chi connectivity index (χ3n) is 2.26. The van der Waals surface area contributed by atoms with Gasteiger partial charge in [-0.1, -0.05) is 18.2 Å². The van der Waals surface area contributed by atoms with Gasteiger partial charge in [0, 0.05) is 0 Å². The number of ether oxygens (including phenoxy) is 2. The predicted molar refractivity (Wildman–Crippen MR) is 66.1 cm³/mol. The van der Waals surface area contributed by atoms with E-state index in [2.05, 4.69) is 6.58 Å². The van der Waals surface area contributed by atoms with Gasteiger partial charge in [-0.2, -0.15) is 0 Å². The van der Waals surface area contributed by atoms with Crippen molar-refractivity contribution in [3.8, 4) is 11.5 Å². The van der Waals surface area contributed by atoms with Crippen LogP contribution in [0.2, 0.25) is 0 Å². The molecular weight excluding hydrogens is 202 g/mol. The van der Waals surface area contributed by atoms with Gasteiger partial charge >= 0.3 is 0 Å². The molecule has 0 aromatic heterocycles. The maximum Gasteiger partial charge on any atom is 0.164 e. The van der Waals surface area contributed by atoms with Gasteiger partial charge in [-0.15, -0.1) is 6.58 Å². The second kappa shape index (κ2) is 6.90. The molecule has 0 spiro atoms. The van der Waals surface area contributed by atoms with Gasteiger partial charge in [-0.3, -0.25) is 0 Å². The van der Waals surface area contributed by atoms with E-state index in [1.807, 2.05) is 24.3 Å². The minimum absolute atomic E-state index is 0.602. The lowest BCUT2D eigenvalue weighted by molar-refractivity contribution is 0.297. The summed E-state index contributed by atoms with van der Waals surface area (Å²) in [7, 11) is 1.64. The average Bonchev–Trinajstić information content (AvgIpc) is 2.31. The fourth-order valence-corrected chi connectivity index (χ4v) is 1.48. The van der Waals surface area contributed by atoms with Gasteiger partial charge < -0.3 is 15.2 Å². The van der Waals surface area contributed by atoms with Crippen LogP contribution in [-0.4, -0.2) is 20.3 Å². The van der Waals surface area contributed by atoms with Crippen molar-refractivity contribution in [2.75, 3.05) is 20.3 Å². The maximum absolute atomic E-state index is 5.70. The molecule has 0 unspecified atom stereocenters. The normalized spacial score (nSPS) is 9.88. The van der Waals surface area contributed by atoms with E-state index in [1.165, 1.54) is 0 Å². The van der Waals surface area contributed by atoms with Crippen LogP contribution in [-0.2, 0) is 6.42 Å². The molecule has 0 atom stereocenters. The molecule has 0 fully saturated rings. The van der Waals surface area contributed by atoms with Crippen molar-refractivity contribution in [3.05, 3.63) is 36.4 Å². The Bertz CT molecular complexity index is 337. The molecule has 88 valence electrons.